The summed E-state index contributed by atoms with van der Waals surface area (Å²) in [4.78, 5) is 50.2. The van der Waals surface area contributed by atoms with Crippen molar-refractivity contribution in [2.75, 3.05) is 25.8 Å². The molecule has 0 saturated heterocycles. The number of hydrogen-bond donors (Lipinski definition) is 3. The fourth-order valence-electron chi connectivity index (χ4n) is 4.87. The van der Waals surface area contributed by atoms with Crippen molar-refractivity contribution in [3.8, 4) is 5.75 Å². The van der Waals surface area contributed by atoms with Crippen LogP contribution < -0.4 is 15.8 Å². The summed E-state index contributed by atoms with van der Waals surface area (Å²) in [7, 11) is -0.363. The van der Waals surface area contributed by atoms with E-state index in [0.29, 0.717) is 18.9 Å². The Morgan fingerprint density at radius 2 is 1.97 bits per heavy atom. The zero-order valence-electron chi connectivity index (χ0n) is 19.3. The molecule has 10 nitrogen and oxygen atoms in total. The molecule has 13 heteroatoms. The summed E-state index contributed by atoms with van der Waals surface area (Å²) in [6.07, 6.45) is 2.02. The van der Waals surface area contributed by atoms with Gasteiger partial charge in [-0.3, -0.25) is 28.6 Å². The molecule has 35 heavy (non-hydrogen) atoms. The molecule has 2 unspecified atom stereocenters. The highest BCUT2D eigenvalue weighted by molar-refractivity contribution is 7.57. The van der Waals surface area contributed by atoms with E-state index in [1.165, 1.54) is 23.3 Å². The third-order valence-corrected chi connectivity index (χ3v) is 8.83. The number of aromatic nitrogens is 1. The second-order valence-corrected chi connectivity index (χ2v) is 11.7. The lowest BCUT2D eigenvalue weighted by Crippen LogP contribution is -2.67. The summed E-state index contributed by atoms with van der Waals surface area (Å²) in [5.74, 6) is -4.20. The van der Waals surface area contributed by atoms with Gasteiger partial charge in [0, 0.05) is 57.2 Å². The van der Waals surface area contributed by atoms with Crippen LogP contribution in [-0.2, 0) is 11.1 Å². The van der Waals surface area contributed by atoms with Crippen molar-refractivity contribution in [1.29, 1.82) is 0 Å². The first-order chi connectivity index (χ1) is 16.3. The van der Waals surface area contributed by atoms with Gasteiger partial charge in [-0.05, 0) is 18.9 Å². The number of halogens is 2. The van der Waals surface area contributed by atoms with E-state index in [9.17, 15) is 37.7 Å². The lowest BCUT2D eigenvalue weighted by atomic mass is 10.0. The van der Waals surface area contributed by atoms with Crippen LogP contribution in [0, 0.1) is 11.6 Å². The molecule has 2 amide bonds. The van der Waals surface area contributed by atoms with Crippen LogP contribution in [0.15, 0.2) is 29.2 Å². The number of rotatable bonds is 4. The largest absolute Gasteiger partial charge is 0.502 e. The summed E-state index contributed by atoms with van der Waals surface area (Å²) >= 11 is 0. The van der Waals surface area contributed by atoms with Crippen LogP contribution in [0.25, 0.3) is 0 Å². The van der Waals surface area contributed by atoms with Gasteiger partial charge >= 0.3 is 0 Å². The Labute approximate surface area is 199 Å². The number of nitrogens with one attached hydrogen (secondary N) is 1. The van der Waals surface area contributed by atoms with Crippen LogP contribution >= 0.6 is 7.37 Å². The summed E-state index contributed by atoms with van der Waals surface area (Å²) < 4.78 is 40.5. The smallest absolute Gasteiger partial charge is 0.278 e. The fraction of sp³-hybridized carbons (Fsp3) is 0.409. The molecule has 1 aliphatic carbocycles. The average molecular weight is 510 g/mol. The van der Waals surface area contributed by atoms with Gasteiger partial charge in [-0.15, -0.1) is 0 Å². The maximum Gasteiger partial charge on any atom is 0.278 e. The number of carbonyl (C=O) groups is 2. The lowest BCUT2D eigenvalue weighted by molar-refractivity contribution is 0.0404. The Morgan fingerprint density at radius 3 is 2.57 bits per heavy atom. The normalized spacial score (nSPS) is 23.4. The van der Waals surface area contributed by atoms with Crippen molar-refractivity contribution in [2.45, 2.75) is 37.1 Å². The number of carbonyl (C=O) groups excluding carboxylic acids is 2. The Morgan fingerprint density at radius 1 is 1.29 bits per heavy atom. The number of aromatic hydroxyl groups is 1. The van der Waals surface area contributed by atoms with Gasteiger partial charge < -0.3 is 20.2 Å². The Kier molecular flexibility index (Phi) is 6.01. The predicted octanol–water partition coefficient (Wildman–Crippen LogP) is 1.56. The van der Waals surface area contributed by atoms with Crippen molar-refractivity contribution in [3.05, 3.63) is 63.1 Å². The minimum absolute atomic E-state index is 0.0140. The van der Waals surface area contributed by atoms with E-state index >= 15 is 0 Å². The number of hydrogen-bond acceptors (Lipinski definition) is 6. The van der Waals surface area contributed by atoms with E-state index in [-0.39, 0.29) is 24.2 Å². The van der Waals surface area contributed by atoms with Crippen molar-refractivity contribution >= 4 is 19.2 Å². The SMILES string of the molecule is CN1C(=O)c2c(O)c(=O)c(C(=O)NCc3ccc(F)cc3F)cn2N(C)C12CC[C@H](P(C)(=O)O)C2. The Hall–Kier alpha value is -3.24. The van der Waals surface area contributed by atoms with Crippen molar-refractivity contribution < 1.29 is 32.9 Å². The summed E-state index contributed by atoms with van der Waals surface area (Å²) in [6.45, 7) is 0.919. The molecule has 2 aromatic rings. The first kappa shape index (κ1) is 24.9. The van der Waals surface area contributed by atoms with Crippen LogP contribution in [0.3, 0.4) is 0 Å². The van der Waals surface area contributed by atoms with E-state index in [1.54, 1.807) is 12.1 Å². The van der Waals surface area contributed by atoms with Crippen LogP contribution in [0.2, 0.25) is 0 Å². The van der Waals surface area contributed by atoms with Gasteiger partial charge in [-0.2, -0.15) is 0 Å². The Balaban J connectivity index is 1.70. The van der Waals surface area contributed by atoms with Crippen LogP contribution in [0.1, 0.15) is 45.7 Å². The molecule has 2 aliphatic rings. The molecular weight excluding hydrogens is 485 g/mol. The van der Waals surface area contributed by atoms with E-state index in [2.05, 4.69) is 5.32 Å². The van der Waals surface area contributed by atoms with Crippen molar-refractivity contribution in [1.82, 2.24) is 14.9 Å². The first-order valence-electron chi connectivity index (χ1n) is 10.8. The van der Waals surface area contributed by atoms with Crippen molar-refractivity contribution in [3.63, 3.8) is 0 Å². The molecule has 4 rings (SSSR count). The maximum absolute atomic E-state index is 13.9. The molecule has 188 valence electrons. The molecule has 3 N–H and O–H groups in total. The predicted molar refractivity (Wildman–Crippen MR) is 122 cm³/mol. The zero-order chi connectivity index (χ0) is 25.9. The molecule has 1 aromatic carbocycles. The fourth-order valence-corrected chi connectivity index (χ4v) is 6.11. The van der Waals surface area contributed by atoms with E-state index in [4.69, 9.17) is 0 Å². The Bertz CT molecular complexity index is 1340. The van der Waals surface area contributed by atoms with E-state index < -0.39 is 58.9 Å². The minimum atomic E-state index is -3.44. The van der Waals surface area contributed by atoms with Gasteiger partial charge in [0.1, 0.15) is 22.9 Å². The van der Waals surface area contributed by atoms with Gasteiger partial charge in [-0.1, -0.05) is 6.07 Å². The summed E-state index contributed by atoms with van der Waals surface area (Å²) in [5, 5.41) is 14.5. The monoisotopic (exact) mass is 510 g/mol. The topological polar surface area (TPSA) is 132 Å². The molecule has 3 atom stereocenters. The number of benzene rings is 1. The molecule has 2 heterocycles. The molecule has 1 fully saturated rings. The third-order valence-electron chi connectivity index (χ3n) is 7.04. The van der Waals surface area contributed by atoms with Crippen LogP contribution in [0.5, 0.6) is 5.75 Å². The maximum atomic E-state index is 13.9. The van der Waals surface area contributed by atoms with Gasteiger partial charge in [0.15, 0.2) is 11.4 Å². The quantitative estimate of drug-likeness (QED) is 0.532. The molecule has 1 aromatic heterocycles. The van der Waals surface area contributed by atoms with Gasteiger partial charge in [0.25, 0.3) is 11.8 Å². The van der Waals surface area contributed by atoms with Crippen LogP contribution in [-0.4, -0.2) is 63.5 Å². The molecule has 1 saturated carbocycles. The first-order valence-corrected chi connectivity index (χ1v) is 13.0. The second kappa shape index (κ2) is 8.46. The zero-order valence-corrected chi connectivity index (χ0v) is 20.2. The molecule has 1 spiro atoms. The average Bonchev–Trinajstić information content (AvgIpc) is 3.24. The summed E-state index contributed by atoms with van der Waals surface area (Å²) in [5.41, 5.74) is -3.51. The van der Waals surface area contributed by atoms with Gasteiger partial charge in [0.05, 0.1) is 0 Å². The number of amides is 2. The lowest BCUT2D eigenvalue weighted by Gasteiger charge is -2.51. The number of fused-ring (bicyclic) bond motifs is 1. The molecule has 0 bridgehead atoms. The van der Waals surface area contributed by atoms with E-state index in [0.717, 1.165) is 18.3 Å². The highest BCUT2D eigenvalue weighted by Gasteiger charge is 2.54. The molecule has 0 radical (unpaired) electrons. The molecule has 1 aliphatic heterocycles. The minimum Gasteiger partial charge on any atom is -0.502 e. The number of pyridine rings is 1. The second-order valence-electron chi connectivity index (χ2n) is 9.04. The van der Waals surface area contributed by atoms with Gasteiger partial charge in [-0.25, -0.2) is 8.78 Å². The number of nitrogens with zero attached hydrogens (tertiary/aromatic N) is 3. The molecular formula is C22H25F2N4O6P. The third kappa shape index (κ3) is 4.00. The van der Waals surface area contributed by atoms with Gasteiger partial charge in [0.2, 0.25) is 12.8 Å². The summed E-state index contributed by atoms with van der Waals surface area (Å²) in [6, 6.07) is 2.84. The van der Waals surface area contributed by atoms with Crippen LogP contribution in [0.4, 0.5) is 8.78 Å². The van der Waals surface area contributed by atoms with E-state index in [1.807, 2.05) is 0 Å². The highest BCUT2D eigenvalue weighted by Crippen LogP contribution is 2.54. The standard InChI is InChI=1S/C22H25F2N4O6P/c1-26-21(32)17-19(30)18(29)15(20(31)25-10-12-4-5-13(23)8-16(12)24)11-28(17)27(2)22(26)7-6-14(9-22)35(3,33)34/h4-5,8,11,14,30H,6-7,9-10H2,1-3H3,(H,25,31)(H,33,34)/t14-,22?/m0/s1. The highest BCUT2D eigenvalue weighted by atomic mass is 31.2. The van der Waals surface area contributed by atoms with Crippen molar-refractivity contribution in [2.24, 2.45) is 0 Å².